The van der Waals surface area contributed by atoms with Gasteiger partial charge in [-0.15, -0.1) is 0 Å². The van der Waals surface area contributed by atoms with Crippen LogP contribution in [-0.4, -0.2) is 62.0 Å². The molecule has 4 heteroatoms. The number of nitrogens with zero attached hydrogens (tertiary/aromatic N) is 1. The van der Waals surface area contributed by atoms with E-state index in [1.807, 2.05) is 0 Å². The third-order valence-electron chi connectivity index (χ3n) is 4.86. The van der Waals surface area contributed by atoms with Crippen molar-refractivity contribution >= 4 is 0 Å². The fraction of sp³-hybridized carbons (Fsp3) is 1.00. The number of aliphatic hydroxyl groups is 1. The van der Waals surface area contributed by atoms with Gasteiger partial charge < -0.3 is 15.2 Å². The molecule has 2 aliphatic rings. The first-order valence-corrected chi connectivity index (χ1v) is 8.43. The Morgan fingerprint density at radius 1 is 1.40 bits per heavy atom. The van der Waals surface area contributed by atoms with Gasteiger partial charge in [0.05, 0.1) is 6.61 Å². The topological polar surface area (TPSA) is 44.7 Å². The van der Waals surface area contributed by atoms with Crippen LogP contribution in [0, 0.1) is 5.41 Å². The average molecular weight is 284 g/mol. The molecule has 0 aromatic heterocycles. The van der Waals surface area contributed by atoms with Gasteiger partial charge in [0.15, 0.2) is 0 Å². The van der Waals surface area contributed by atoms with Crippen molar-refractivity contribution in [3.8, 4) is 0 Å². The minimum atomic E-state index is 0.292. The van der Waals surface area contributed by atoms with Crippen molar-refractivity contribution in [2.45, 2.75) is 51.5 Å². The number of piperidine rings is 1. The van der Waals surface area contributed by atoms with E-state index in [9.17, 15) is 5.11 Å². The number of hydrogen-bond acceptors (Lipinski definition) is 4. The van der Waals surface area contributed by atoms with Crippen molar-refractivity contribution in [1.29, 1.82) is 0 Å². The van der Waals surface area contributed by atoms with E-state index in [-0.39, 0.29) is 0 Å². The van der Waals surface area contributed by atoms with Crippen LogP contribution in [-0.2, 0) is 4.74 Å². The normalized spacial score (nSPS) is 31.8. The lowest BCUT2D eigenvalue weighted by Gasteiger charge is -2.41. The number of likely N-dealkylation sites (tertiary alicyclic amines) is 1. The molecular weight excluding hydrogens is 252 g/mol. The molecule has 2 fully saturated rings. The number of ether oxygens (including phenoxy) is 1. The van der Waals surface area contributed by atoms with Crippen LogP contribution in [0.25, 0.3) is 0 Å². The van der Waals surface area contributed by atoms with E-state index in [1.165, 1.54) is 38.6 Å². The number of hydrogen-bond donors (Lipinski definition) is 2. The number of nitrogens with one attached hydrogen (secondary N) is 1. The summed E-state index contributed by atoms with van der Waals surface area (Å²) in [6, 6.07) is 0.581. The highest BCUT2D eigenvalue weighted by atomic mass is 16.5. The summed E-state index contributed by atoms with van der Waals surface area (Å²) in [4.78, 5) is 2.63. The molecule has 0 aromatic carbocycles. The molecule has 2 rings (SSSR count). The maximum atomic E-state index is 9.27. The first-order chi connectivity index (χ1) is 9.79. The minimum absolute atomic E-state index is 0.292. The van der Waals surface area contributed by atoms with Crippen LogP contribution in [0.3, 0.4) is 0 Å². The SMILES string of the molecule is CCCNCC1(CN2CCCCC2CCO)CCOC1. The van der Waals surface area contributed by atoms with Crippen molar-refractivity contribution in [3.63, 3.8) is 0 Å². The highest BCUT2D eigenvalue weighted by Gasteiger charge is 2.38. The first-order valence-electron chi connectivity index (χ1n) is 8.43. The van der Waals surface area contributed by atoms with Crippen LogP contribution in [0.2, 0.25) is 0 Å². The summed E-state index contributed by atoms with van der Waals surface area (Å²) in [5, 5.41) is 12.9. The van der Waals surface area contributed by atoms with Crippen LogP contribution in [0.15, 0.2) is 0 Å². The molecule has 118 valence electrons. The van der Waals surface area contributed by atoms with Gasteiger partial charge in [-0.3, -0.25) is 4.90 Å². The predicted molar refractivity (Wildman–Crippen MR) is 81.9 cm³/mol. The summed E-state index contributed by atoms with van der Waals surface area (Å²) in [6.07, 6.45) is 7.17. The molecule has 2 heterocycles. The lowest BCUT2D eigenvalue weighted by molar-refractivity contribution is 0.0553. The zero-order valence-corrected chi connectivity index (χ0v) is 13.1. The number of rotatable bonds is 8. The van der Waals surface area contributed by atoms with Crippen LogP contribution in [0.1, 0.15) is 45.4 Å². The van der Waals surface area contributed by atoms with Crippen LogP contribution < -0.4 is 5.32 Å². The van der Waals surface area contributed by atoms with E-state index < -0.39 is 0 Å². The molecule has 4 nitrogen and oxygen atoms in total. The van der Waals surface area contributed by atoms with Crippen molar-refractivity contribution in [2.75, 3.05) is 46.0 Å². The van der Waals surface area contributed by atoms with Gasteiger partial charge in [-0.25, -0.2) is 0 Å². The standard InChI is InChI=1S/C16H32N2O2/c1-2-8-17-12-16(7-11-20-14-16)13-18-9-4-3-5-15(18)6-10-19/h15,17,19H,2-14H2,1H3. The Morgan fingerprint density at radius 3 is 3.00 bits per heavy atom. The summed E-state index contributed by atoms with van der Waals surface area (Å²) in [6.45, 7) is 8.84. The Bertz CT molecular complexity index is 265. The zero-order chi connectivity index (χ0) is 14.3. The Hall–Kier alpha value is -0.160. The fourth-order valence-corrected chi connectivity index (χ4v) is 3.67. The highest BCUT2D eigenvalue weighted by molar-refractivity contribution is 4.91. The second-order valence-electron chi connectivity index (χ2n) is 6.61. The van der Waals surface area contributed by atoms with Crippen molar-refractivity contribution in [2.24, 2.45) is 5.41 Å². The van der Waals surface area contributed by atoms with Gasteiger partial charge in [0.2, 0.25) is 0 Å². The molecule has 2 aliphatic heterocycles. The molecule has 2 saturated heterocycles. The average Bonchev–Trinajstić information content (AvgIpc) is 2.90. The lowest BCUT2D eigenvalue weighted by Crippen LogP contribution is -2.50. The molecule has 20 heavy (non-hydrogen) atoms. The molecule has 0 saturated carbocycles. The second kappa shape index (κ2) is 8.32. The molecule has 2 N–H and O–H groups in total. The second-order valence-corrected chi connectivity index (χ2v) is 6.61. The van der Waals surface area contributed by atoms with Gasteiger partial charge in [-0.1, -0.05) is 13.3 Å². The molecule has 2 unspecified atom stereocenters. The van der Waals surface area contributed by atoms with E-state index >= 15 is 0 Å². The molecular formula is C16H32N2O2. The summed E-state index contributed by atoms with van der Waals surface area (Å²) < 4.78 is 5.71. The van der Waals surface area contributed by atoms with Crippen LogP contribution >= 0.6 is 0 Å². The largest absolute Gasteiger partial charge is 0.396 e. The van der Waals surface area contributed by atoms with Crippen molar-refractivity contribution < 1.29 is 9.84 Å². The Kier molecular flexibility index (Phi) is 6.75. The molecule has 2 atom stereocenters. The summed E-state index contributed by atoms with van der Waals surface area (Å²) in [5.74, 6) is 0. The van der Waals surface area contributed by atoms with Gasteiger partial charge in [0.25, 0.3) is 0 Å². The van der Waals surface area contributed by atoms with E-state index in [2.05, 4.69) is 17.1 Å². The first kappa shape index (κ1) is 16.2. The Morgan fingerprint density at radius 2 is 2.30 bits per heavy atom. The van der Waals surface area contributed by atoms with Gasteiger partial charge in [0.1, 0.15) is 0 Å². The predicted octanol–water partition coefficient (Wildman–Crippen LogP) is 1.63. The maximum Gasteiger partial charge on any atom is 0.0547 e. The monoisotopic (exact) mass is 284 g/mol. The smallest absolute Gasteiger partial charge is 0.0547 e. The van der Waals surface area contributed by atoms with Gasteiger partial charge in [-0.2, -0.15) is 0 Å². The molecule has 0 amide bonds. The summed E-state index contributed by atoms with van der Waals surface area (Å²) >= 11 is 0. The summed E-state index contributed by atoms with van der Waals surface area (Å²) in [7, 11) is 0. The molecule has 0 radical (unpaired) electrons. The Labute approximate surface area is 123 Å². The van der Waals surface area contributed by atoms with E-state index in [0.717, 1.165) is 39.3 Å². The van der Waals surface area contributed by atoms with Gasteiger partial charge in [0, 0.05) is 37.8 Å². The third-order valence-corrected chi connectivity index (χ3v) is 4.86. The van der Waals surface area contributed by atoms with E-state index in [4.69, 9.17) is 4.74 Å². The molecule has 0 spiro atoms. The quantitative estimate of drug-likeness (QED) is 0.665. The summed E-state index contributed by atoms with van der Waals surface area (Å²) in [5.41, 5.74) is 0.292. The van der Waals surface area contributed by atoms with Crippen LogP contribution in [0.4, 0.5) is 0 Å². The number of aliphatic hydroxyl groups excluding tert-OH is 1. The minimum Gasteiger partial charge on any atom is -0.396 e. The van der Waals surface area contributed by atoms with E-state index in [1.54, 1.807) is 0 Å². The molecule has 0 bridgehead atoms. The fourth-order valence-electron chi connectivity index (χ4n) is 3.67. The third kappa shape index (κ3) is 4.42. The lowest BCUT2D eigenvalue weighted by atomic mass is 9.84. The van der Waals surface area contributed by atoms with Crippen molar-refractivity contribution in [3.05, 3.63) is 0 Å². The van der Waals surface area contributed by atoms with Crippen molar-refractivity contribution in [1.82, 2.24) is 10.2 Å². The highest BCUT2D eigenvalue weighted by Crippen LogP contribution is 2.32. The molecule has 0 aromatic rings. The zero-order valence-electron chi connectivity index (χ0n) is 13.1. The van der Waals surface area contributed by atoms with E-state index in [0.29, 0.717) is 18.1 Å². The van der Waals surface area contributed by atoms with Crippen LogP contribution in [0.5, 0.6) is 0 Å². The maximum absolute atomic E-state index is 9.27. The van der Waals surface area contributed by atoms with Gasteiger partial charge in [-0.05, 0) is 45.2 Å². The van der Waals surface area contributed by atoms with Gasteiger partial charge >= 0.3 is 0 Å². The Balaban J connectivity index is 1.91. The molecule has 0 aliphatic carbocycles.